The van der Waals surface area contributed by atoms with Crippen LogP contribution >= 0.6 is 15.9 Å². The van der Waals surface area contributed by atoms with E-state index in [4.69, 9.17) is 4.74 Å². The molecule has 0 aliphatic rings. The van der Waals surface area contributed by atoms with Gasteiger partial charge in [-0.3, -0.25) is 4.31 Å². The Balaban J connectivity index is 2.53. The maximum Gasteiger partial charge on any atom is 0.264 e. The van der Waals surface area contributed by atoms with Gasteiger partial charge in [-0.05, 0) is 43.3 Å². The zero-order valence-corrected chi connectivity index (χ0v) is 15.2. The first-order valence-corrected chi connectivity index (χ1v) is 9.35. The van der Waals surface area contributed by atoms with Crippen molar-refractivity contribution in [2.45, 2.75) is 11.8 Å². The van der Waals surface area contributed by atoms with Gasteiger partial charge < -0.3 is 4.74 Å². The van der Waals surface area contributed by atoms with Crippen LogP contribution in [-0.2, 0) is 10.0 Å². The molecule has 0 saturated heterocycles. The van der Waals surface area contributed by atoms with Crippen molar-refractivity contribution in [1.82, 2.24) is 0 Å². The van der Waals surface area contributed by atoms with E-state index in [0.29, 0.717) is 18.0 Å². The minimum absolute atomic E-state index is 0.155. The number of benzene rings is 2. The third-order valence-corrected chi connectivity index (χ3v) is 5.45. The molecule has 0 fully saturated rings. The van der Waals surface area contributed by atoms with Crippen molar-refractivity contribution in [2.75, 3.05) is 17.5 Å². The molecule has 122 valence electrons. The number of para-hydroxylation sites is 2. The molecule has 0 aromatic heterocycles. The first kappa shape index (κ1) is 17.6. The van der Waals surface area contributed by atoms with Crippen LogP contribution in [0.25, 0.3) is 0 Å². The Morgan fingerprint density at radius 1 is 1.17 bits per heavy atom. The lowest BCUT2D eigenvalue weighted by Crippen LogP contribution is -2.31. The van der Waals surface area contributed by atoms with Crippen LogP contribution in [0.4, 0.5) is 5.69 Å². The highest BCUT2D eigenvalue weighted by molar-refractivity contribution is 9.10. The Hall–Kier alpha value is -1.79. The number of nitrogens with zero attached hydrogens (tertiary/aromatic N) is 1. The van der Waals surface area contributed by atoms with Crippen molar-refractivity contribution >= 4 is 31.6 Å². The van der Waals surface area contributed by atoms with Gasteiger partial charge in [-0.2, -0.15) is 0 Å². The van der Waals surface area contributed by atoms with Gasteiger partial charge in [-0.1, -0.05) is 34.1 Å². The number of ether oxygens (including phenoxy) is 1. The van der Waals surface area contributed by atoms with Crippen LogP contribution in [0.15, 0.2) is 70.6 Å². The average Bonchev–Trinajstić information content (AvgIpc) is 2.54. The first-order chi connectivity index (χ1) is 11.0. The minimum Gasteiger partial charge on any atom is -0.492 e. The van der Waals surface area contributed by atoms with Gasteiger partial charge in [0.15, 0.2) is 0 Å². The summed E-state index contributed by atoms with van der Waals surface area (Å²) in [6.07, 6.45) is 1.55. The molecular formula is C17H18BrNO3S. The molecule has 0 N–H and O–H groups in total. The fraction of sp³-hybridized carbons (Fsp3) is 0.176. The summed E-state index contributed by atoms with van der Waals surface area (Å²) in [6.45, 7) is 6.14. The summed E-state index contributed by atoms with van der Waals surface area (Å²) in [4.78, 5) is 0.217. The molecular weight excluding hydrogens is 378 g/mol. The SMILES string of the molecule is C=CCN(c1ccccc1OCC)S(=O)(=O)c1ccc(Br)cc1. The molecule has 4 nitrogen and oxygen atoms in total. The molecule has 0 unspecified atom stereocenters. The van der Waals surface area contributed by atoms with E-state index in [-0.39, 0.29) is 11.4 Å². The van der Waals surface area contributed by atoms with Gasteiger partial charge in [0, 0.05) is 4.47 Å². The van der Waals surface area contributed by atoms with Crippen LogP contribution in [0.2, 0.25) is 0 Å². The molecule has 2 aromatic carbocycles. The average molecular weight is 396 g/mol. The monoisotopic (exact) mass is 395 g/mol. The van der Waals surface area contributed by atoms with E-state index in [1.807, 2.05) is 13.0 Å². The largest absolute Gasteiger partial charge is 0.492 e. The van der Waals surface area contributed by atoms with E-state index in [0.717, 1.165) is 4.47 Å². The molecule has 0 heterocycles. The molecule has 0 amide bonds. The van der Waals surface area contributed by atoms with E-state index in [1.54, 1.807) is 48.5 Å². The first-order valence-electron chi connectivity index (χ1n) is 7.11. The highest BCUT2D eigenvalue weighted by atomic mass is 79.9. The Labute approximate surface area is 145 Å². The van der Waals surface area contributed by atoms with Crippen molar-refractivity contribution < 1.29 is 13.2 Å². The Morgan fingerprint density at radius 3 is 2.43 bits per heavy atom. The molecule has 0 spiro atoms. The predicted octanol–water partition coefficient (Wildman–Crippen LogP) is 4.23. The topological polar surface area (TPSA) is 46.6 Å². The number of halogens is 1. The van der Waals surface area contributed by atoms with Gasteiger partial charge in [0.2, 0.25) is 0 Å². The molecule has 0 atom stereocenters. The summed E-state index contributed by atoms with van der Waals surface area (Å²) in [6, 6.07) is 13.6. The molecule has 6 heteroatoms. The molecule has 0 radical (unpaired) electrons. The van der Waals surface area contributed by atoms with Crippen LogP contribution in [0.5, 0.6) is 5.75 Å². The highest BCUT2D eigenvalue weighted by Crippen LogP contribution is 2.32. The van der Waals surface area contributed by atoms with Crippen molar-refractivity contribution in [2.24, 2.45) is 0 Å². The molecule has 0 aliphatic heterocycles. The van der Waals surface area contributed by atoms with Gasteiger partial charge in [0.1, 0.15) is 5.75 Å². The lowest BCUT2D eigenvalue weighted by Gasteiger charge is -2.25. The molecule has 2 rings (SSSR count). The summed E-state index contributed by atoms with van der Waals surface area (Å²) in [5, 5.41) is 0. The second kappa shape index (κ2) is 7.66. The Morgan fingerprint density at radius 2 is 1.83 bits per heavy atom. The normalized spacial score (nSPS) is 11.0. The Bertz CT molecular complexity index is 773. The van der Waals surface area contributed by atoms with Crippen molar-refractivity contribution in [1.29, 1.82) is 0 Å². The predicted molar refractivity (Wildman–Crippen MR) is 96.5 cm³/mol. The fourth-order valence-corrected chi connectivity index (χ4v) is 3.83. The zero-order chi connectivity index (χ0) is 16.9. The lowest BCUT2D eigenvalue weighted by atomic mass is 10.3. The Kier molecular flexibility index (Phi) is 5.85. The molecule has 23 heavy (non-hydrogen) atoms. The second-order valence-corrected chi connectivity index (χ2v) is 7.46. The maximum absolute atomic E-state index is 13.0. The minimum atomic E-state index is -3.71. The van der Waals surface area contributed by atoms with Crippen LogP contribution in [-0.4, -0.2) is 21.6 Å². The summed E-state index contributed by atoms with van der Waals surface area (Å²) >= 11 is 3.31. The maximum atomic E-state index is 13.0. The van der Waals surface area contributed by atoms with Crippen molar-refractivity contribution in [3.05, 3.63) is 65.7 Å². The molecule has 0 bridgehead atoms. The van der Waals surface area contributed by atoms with E-state index >= 15 is 0 Å². The fourth-order valence-electron chi connectivity index (χ4n) is 2.12. The molecule has 0 aliphatic carbocycles. The molecule has 2 aromatic rings. The number of hydrogen-bond donors (Lipinski definition) is 0. The quantitative estimate of drug-likeness (QED) is 0.658. The third-order valence-electron chi connectivity index (χ3n) is 3.13. The summed E-state index contributed by atoms with van der Waals surface area (Å²) in [5.41, 5.74) is 0.497. The summed E-state index contributed by atoms with van der Waals surface area (Å²) < 4.78 is 33.7. The van der Waals surface area contributed by atoms with E-state index < -0.39 is 10.0 Å². The van der Waals surface area contributed by atoms with Crippen LogP contribution in [0, 0.1) is 0 Å². The van der Waals surface area contributed by atoms with Crippen LogP contribution in [0.3, 0.4) is 0 Å². The van der Waals surface area contributed by atoms with Crippen LogP contribution in [0.1, 0.15) is 6.92 Å². The lowest BCUT2D eigenvalue weighted by molar-refractivity contribution is 0.341. The van der Waals surface area contributed by atoms with Gasteiger partial charge >= 0.3 is 0 Å². The summed E-state index contributed by atoms with van der Waals surface area (Å²) in [7, 11) is -3.71. The smallest absolute Gasteiger partial charge is 0.264 e. The number of anilines is 1. The van der Waals surface area contributed by atoms with Gasteiger partial charge in [0.25, 0.3) is 10.0 Å². The molecule has 0 saturated carbocycles. The van der Waals surface area contributed by atoms with E-state index in [2.05, 4.69) is 22.5 Å². The number of hydrogen-bond acceptors (Lipinski definition) is 3. The van der Waals surface area contributed by atoms with Gasteiger partial charge in [-0.15, -0.1) is 6.58 Å². The number of rotatable bonds is 7. The van der Waals surface area contributed by atoms with Crippen molar-refractivity contribution in [3.63, 3.8) is 0 Å². The van der Waals surface area contributed by atoms with E-state index in [9.17, 15) is 8.42 Å². The summed E-state index contributed by atoms with van der Waals surface area (Å²) in [5.74, 6) is 0.525. The van der Waals surface area contributed by atoms with E-state index in [1.165, 1.54) is 4.31 Å². The standard InChI is InChI=1S/C17H18BrNO3S/c1-3-13-19(16-7-5-6-8-17(16)22-4-2)23(20,21)15-11-9-14(18)10-12-15/h3,5-12H,1,4,13H2,2H3. The van der Waals surface area contributed by atoms with Crippen molar-refractivity contribution in [3.8, 4) is 5.75 Å². The highest BCUT2D eigenvalue weighted by Gasteiger charge is 2.26. The van der Waals surface area contributed by atoms with Gasteiger partial charge in [-0.25, -0.2) is 8.42 Å². The third kappa shape index (κ3) is 3.95. The zero-order valence-electron chi connectivity index (χ0n) is 12.8. The second-order valence-electron chi connectivity index (χ2n) is 4.68. The van der Waals surface area contributed by atoms with Crippen LogP contribution < -0.4 is 9.04 Å². The number of sulfonamides is 1. The van der Waals surface area contributed by atoms with Gasteiger partial charge in [0.05, 0.1) is 23.7 Å².